The molecule has 0 atom stereocenters. The van der Waals surface area contributed by atoms with Crippen molar-refractivity contribution in [2.75, 3.05) is 7.05 Å². The number of fused-ring (bicyclic) bond motifs is 1. The highest BCUT2D eigenvalue weighted by molar-refractivity contribution is 7.17. The van der Waals surface area contributed by atoms with Gasteiger partial charge in [0.2, 0.25) is 0 Å². The molecule has 2 N–H and O–H groups in total. The number of nitrogens with one attached hydrogen (secondary N) is 1. The third kappa shape index (κ3) is 1.41. The monoisotopic (exact) mass is 193 g/mol. The molecule has 1 aromatic heterocycles. The Morgan fingerprint density at radius 2 is 2.23 bits per heavy atom. The molecule has 0 aliphatic heterocycles. The van der Waals surface area contributed by atoms with Crippen LogP contribution in [0, 0.1) is 0 Å². The molecule has 68 valence electrons. The Balaban J connectivity index is 2.59. The van der Waals surface area contributed by atoms with Crippen LogP contribution in [0.15, 0.2) is 23.6 Å². The zero-order chi connectivity index (χ0) is 9.26. The molecule has 0 saturated heterocycles. The first-order valence-corrected chi connectivity index (χ1v) is 5.03. The highest BCUT2D eigenvalue weighted by Crippen LogP contribution is 2.31. The van der Waals surface area contributed by atoms with Crippen LogP contribution < -0.4 is 5.32 Å². The van der Waals surface area contributed by atoms with Gasteiger partial charge in [-0.3, -0.25) is 0 Å². The van der Waals surface area contributed by atoms with E-state index in [1.54, 1.807) is 11.3 Å². The third-order valence-electron chi connectivity index (χ3n) is 2.06. The van der Waals surface area contributed by atoms with E-state index < -0.39 is 0 Å². The minimum absolute atomic E-state index is 0.410. The molecule has 1 heterocycles. The van der Waals surface area contributed by atoms with Crippen molar-refractivity contribution < 1.29 is 5.11 Å². The summed E-state index contributed by atoms with van der Waals surface area (Å²) in [6, 6.07) is 5.96. The van der Waals surface area contributed by atoms with Crippen molar-refractivity contribution in [3.63, 3.8) is 0 Å². The summed E-state index contributed by atoms with van der Waals surface area (Å²) in [5, 5.41) is 15.8. The van der Waals surface area contributed by atoms with Gasteiger partial charge in [-0.2, -0.15) is 0 Å². The number of rotatable bonds is 2. The lowest BCUT2D eigenvalue weighted by molar-refractivity contribution is 0.473. The van der Waals surface area contributed by atoms with Crippen LogP contribution in [0.1, 0.15) is 5.56 Å². The Bertz CT molecular complexity index is 422. The standard InChI is InChI=1S/C10H11NOS/c1-11-6-7-2-3-9-8(10(7)12)4-5-13-9/h2-5,11-12H,6H2,1H3. The number of phenols is 1. The first kappa shape index (κ1) is 8.53. The zero-order valence-corrected chi connectivity index (χ0v) is 8.19. The minimum atomic E-state index is 0.410. The largest absolute Gasteiger partial charge is 0.507 e. The van der Waals surface area contributed by atoms with Crippen molar-refractivity contribution in [3.8, 4) is 5.75 Å². The van der Waals surface area contributed by atoms with Crippen molar-refractivity contribution in [2.24, 2.45) is 0 Å². The molecule has 2 aromatic rings. The predicted molar refractivity (Wildman–Crippen MR) is 56.3 cm³/mol. The van der Waals surface area contributed by atoms with Crippen LogP contribution in [0.25, 0.3) is 10.1 Å². The van der Waals surface area contributed by atoms with Gasteiger partial charge in [-0.1, -0.05) is 6.07 Å². The fraction of sp³-hybridized carbons (Fsp3) is 0.200. The molecule has 0 radical (unpaired) electrons. The number of aromatic hydroxyl groups is 1. The summed E-state index contributed by atoms with van der Waals surface area (Å²) in [6.07, 6.45) is 0. The van der Waals surface area contributed by atoms with Crippen molar-refractivity contribution in [1.29, 1.82) is 0 Å². The van der Waals surface area contributed by atoms with Crippen LogP contribution in [-0.4, -0.2) is 12.2 Å². The molecule has 0 fully saturated rings. The molecule has 3 heteroatoms. The van der Waals surface area contributed by atoms with Crippen molar-refractivity contribution >= 4 is 21.4 Å². The first-order valence-electron chi connectivity index (χ1n) is 4.15. The molecule has 0 aliphatic rings. The SMILES string of the molecule is CNCc1ccc2sccc2c1O. The average molecular weight is 193 g/mol. The van der Waals surface area contributed by atoms with E-state index in [2.05, 4.69) is 5.32 Å². The maximum atomic E-state index is 9.84. The Labute approximate surface area is 80.8 Å². The summed E-state index contributed by atoms with van der Waals surface area (Å²) in [5.41, 5.74) is 0.952. The van der Waals surface area contributed by atoms with Crippen LogP contribution in [-0.2, 0) is 6.54 Å². The zero-order valence-electron chi connectivity index (χ0n) is 7.37. The quantitative estimate of drug-likeness (QED) is 0.767. The normalized spacial score (nSPS) is 10.8. The van der Waals surface area contributed by atoms with Gasteiger partial charge in [0.25, 0.3) is 0 Å². The van der Waals surface area contributed by atoms with Gasteiger partial charge in [-0.25, -0.2) is 0 Å². The van der Waals surface area contributed by atoms with E-state index in [1.807, 2.05) is 30.6 Å². The lowest BCUT2D eigenvalue weighted by Gasteiger charge is -2.04. The summed E-state index contributed by atoms with van der Waals surface area (Å²) in [4.78, 5) is 0. The van der Waals surface area contributed by atoms with E-state index in [-0.39, 0.29) is 0 Å². The fourth-order valence-corrected chi connectivity index (χ4v) is 2.20. The second-order valence-electron chi connectivity index (χ2n) is 2.94. The molecule has 0 aliphatic carbocycles. The third-order valence-corrected chi connectivity index (χ3v) is 2.94. The van der Waals surface area contributed by atoms with Gasteiger partial charge in [0.1, 0.15) is 5.75 Å². The Morgan fingerprint density at radius 1 is 1.38 bits per heavy atom. The Hall–Kier alpha value is -1.06. The molecular formula is C10H11NOS. The van der Waals surface area contributed by atoms with E-state index in [1.165, 1.54) is 0 Å². The van der Waals surface area contributed by atoms with E-state index >= 15 is 0 Å². The second-order valence-corrected chi connectivity index (χ2v) is 3.88. The molecule has 2 rings (SSSR count). The Kier molecular flexibility index (Phi) is 2.20. The maximum absolute atomic E-state index is 9.84. The summed E-state index contributed by atoms with van der Waals surface area (Å²) < 4.78 is 1.14. The number of hydrogen-bond acceptors (Lipinski definition) is 3. The topological polar surface area (TPSA) is 32.3 Å². The Morgan fingerprint density at radius 3 is 3.00 bits per heavy atom. The van der Waals surface area contributed by atoms with E-state index in [4.69, 9.17) is 0 Å². The highest BCUT2D eigenvalue weighted by Gasteiger charge is 2.05. The van der Waals surface area contributed by atoms with Gasteiger partial charge in [0, 0.05) is 22.2 Å². The lowest BCUT2D eigenvalue weighted by Crippen LogP contribution is -2.04. The highest BCUT2D eigenvalue weighted by atomic mass is 32.1. The van der Waals surface area contributed by atoms with E-state index in [0.717, 1.165) is 15.6 Å². The van der Waals surface area contributed by atoms with E-state index in [9.17, 15) is 5.11 Å². The minimum Gasteiger partial charge on any atom is -0.507 e. The molecule has 0 bridgehead atoms. The summed E-state index contributed by atoms with van der Waals surface area (Å²) in [7, 11) is 1.87. The number of benzene rings is 1. The van der Waals surface area contributed by atoms with Crippen molar-refractivity contribution in [2.45, 2.75) is 6.54 Å². The molecule has 0 spiro atoms. The summed E-state index contributed by atoms with van der Waals surface area (Å²) in [6.45, 7) is 0.706. The first-order chi connectivity index (χ1) is 6.33. The maximum Gasteiger partial charge on any atom is 0.128 e. The number of thiophene rings is 1. The molecule has 1 aromatic carbocycles. The van der Waals surface area contributed by atoms with Crippen LogP contribution in [0.2, 0.25) is 0 Å². The van der Waals surface area contributed by atoms with Crippen LogP contribution in [0.4, 0.5) is 0 Å². The second kappa shape index (κ2) is 3.36. The van der Waals surface area contributed by atoms with Crippen molar-refractivity contribution in [1.82, 2.24) is 5.32 Å². The van der Waals surface area contributed by atoms with Gasteiger partial charge >= 0.3 is 0 Å². The van der Waals surface area contributed by atoms with Crippen molar-refractivity contribution in [3.05, 3.63) is 29.1 Å². The average Bonchev–Trinajstić information content (AvgIpc) is 2.58. The summed E-state index contributed by atoms with van der Waals surface area (Å²) >= 11 is 1.65. The lowest BCUT2D eigenvalue weighted by atomic mass is 10.1. The number of hydrogen-bond donors (Lipinski definition) is 2. The predicted octanol–water partition coefficient (Wildman–Crippen LogP) is 2.33. The van der Waals surface area contributed by atoms with Gasteiger partial charge in [0.05, 0.1) is 0 Å². The number of phenolic OH excluding ortho intramolecular Hbond substituents is 1. The molecule has 0 saturated carbocycles. The molecule has 13 heavy (non-hydrogen) atoms. The van der Waals surface area contributed by atoms with Gasteiger partial charge in [-0.15, -0.1) is 11.3 Å². The van der Waals surface area contributed by atoms with Gasteiger partial charge in [-0.05, 0) is 24.6 Å². The van der Waals surface area contributed by atoms with Crippen LogP contribution >= 0.6 is 11.3 Å². The van der Waals surface area contributed by atoms with E-state index in [0.29, 0.717) is 12.3 Å². The molecule has 0 amide bonds. The molecular weight excluding hydrogens is 182 g/mol. The summed E-state index contributed by atoms with van der Waals surface area (Å²) in [5.74, 6) is 0.410. The van der Waals surface area contributed by atoms with Crippen LogP contribution in [0.3, 0.4) is 0 Å². The molecule has 2 nitrogen and oxygen atoms in total. The fourth-order valence-electron chi connectivity index (χ4n) is 1.41. The van der Waals surface area contributed by atoms with Crippen LogP contribution in [0.5, 0.6) is 5.75 Å². The van der Waals surface area contributed by atoms with Gasteiger partial charge < -0.3 is 10.4 Å². The molecule has 0 unspecified atom stereocenters. The smallest absolute Gasteiger partial charge is 0.128 e. The van der Waals surface area contributed by atoms with Gasteiger partial charge in [0.15, 0.2) is 0 Å².